The van der Waals surface area contributed by atoms with Crippen LogP contribution in [0.15, 0.2) is 42.5 Å². The fourth-order valence-electron chi connectivity index (χ4n) is 5.68. The van der Waals surface area contributed by atoms with Crippen LogP contribution in [0.3, 0.4) is 0 Å². The summed E-state index contributed by atoms with van der Waals surface area (Å²) in [5.41, 5.74) is 5.94. The second-order valence-electron chi connectivity index (χ2n) is 10.7. The molecule has 4 rings (SSSR count). The van der Waals surface area contributed by atoms with Crippen LogP contribution in [-0.2, 0) is 14.2 Å². The van der Waals surface area contributed by atoms with Crippen molar-refractivity contribution in [2.45, 2.75) is 103 Å². The van der Waals surface area contributed by atoms with Gasteiger partial charge in [-0.3, -0.25) is 0 Å². The van der Waals surface area contributed by atoms with Gasteiger partial charge in [-0.1, -0.05) is 83.2 Å². The van der Waals surface area contributed by atoms with Crippen molar-refractivity contribution in [1.29, 1.82) is 0 Å². The third kappa shape index (κ3) is 6.77. The second kappa shape index (κ2) is 13.4. The summed E-state index contributed by atoms with van der Waals surface area (Å²) >= 11 is 0. The third-order valence-corrected chi connectivity index (χ3v) is 7.93. The van der Waals surface area contributed by atoms with E-state index in [1.165, 1.54) is 61.6 Å². The van der Waals surface area contributed by atoms with Crippen molar-refractivity contribution in [3.8, 4) is 0 Å². The Balaban J connectivity index is 1.42. The molecule has 2 fully saturated rings. The van der Waals surface area contributed by atoms with Crippen molar-refractivity contribution >= 4 is 5.97 Å². The molecule has 2 aromatic carbocycles. The van der Waals surface area contributed by atoms with Gasteiger partial charge in [-0.25, -0.2) is 4.79 Å². The molecule has 1 saturated carbocycles. The summed E-state index contributed by atoms with van der Waals surface area (Å²) in [6.45, 7) is 8.47. The first-order valence-electron chi connectivity index (χ1n) is 14.2. The molecule has 1 saturated heterocycles. The lowest BCUT2D eigenvalue weighted by Crippen LogP contribution is -2.27. The molecule has 4 heteroatoms. The van der Waals surface area contributed by atoms with E-state index in [1.807, 2.05) is 12.1 Å². The largest absolute Gasteiger partial charge is 0.462 e. The molecular weight excluding hydrogens is 448 g/mol. The molecule has 0 amide bonds. The predicted molar refractivity (Wildman–Crippen MR) is 145 cm³/mol. The lowest BCUT2D eigenvalue weighted by Gasteiger charge is -2.33. The maximum atomic E-state index is 12.2. The van der Waals surface area contributed by atoms with Crippen molar-refractivity contribution in [2.75, 3.05) is 19.8 Å². The topological polar surface area (TPSA) is 44.8 Å². The molecule has 4 nitrogen and oxygen atoms in total. The number of hydrogen-bond acceptors (Lipinski definition) is 4. The number of carbonyl (C=O) groups is 1. The van der Waals surface area contributed by atoms with Crippen LogP contribution in [0.2, 0.25) is 0 Å². The number of unbranched alkanes of at least 4 members (excludes halogenated alkanes) is 1. The molecule has 0 aromatic heterocycles. The summed E-state index contributed by atoms with van der Waals surface area (Å²) in [6, 6.07) is 14.7. The normalized spacial score (nSPS) is 21.8. The average Bonchev–Trinajstić information content (AvgIpc) is 2.93. The first-order chi connectivity index (χ1) is 17.6. The molecule has 2 aromatic rings. The number of esters is 1. The maximum absolute atomic E-state index is 12.2. The van der Waals surface area contributed by atoms with E-state index in [-0.39, 0.29) is 11.9 Å². The Kier molecular flexibility index (Phi) is 10.0. The quantitative estimate of drug-likeness (QED) is 0.247. The molecule has 36 heavy (non-hydrogen) atoms. The third-order valence-electron chi connectivity index (χ3n) is 7.93. The first kappa shape index (κ1) is 26.9. The SMILES string of the molecule is CCCCOC(=O)c1ccc([C@H]2OC[C@H](c3ccc(C(C)CCC)cc3C3CCCCC3)CO2)cc1. The minimum atomic E-state index is -0.395. The number of ether oxygens (including phenoxy) is 3. The maximum Gasteiger partial charge on any atom is 0.338 e. The van der Waals surface area contributed by atoms with Gasteiger partial charge in [0.25, 0.3) is 0 Å². The Labute approximate surface area is 217 Å². The van der Waals surface area contributed by atoms with Crippen molar-refractivity contribution in [3.63, 3.8) is 0 Å². The molecular formula is C32H44O4. The Hall–Kier alpha value is -2.17. The minimum Gasteiger partial charge on any atom is -0.462 e. The van der Waals surface area contributed by atoms with Crippen LogP contribution in [0, 0.1) is 0 Å². The molecule has 196 valence electrons. The monoisotopic (exact) mass is 492 g/mol. The lowest BCUT2D eigenvalue weighted by molar-refractivity contribution is -0.191. The van der Waals surface area contributed by atoms with Gasteiger partial charge in [0.05, 0.1) is 25.4 Å². The number of rotatable bonds is 10. The highest BCUT2D eigenvalue weighted by Gasteiger charge is 2.29. The predicted octanol–water partition coefficient (Wildman–Crippen LogP) is 8.42. The molecule has 0 bridgehead atoms. The van der Waals surface area contributed by atoms with Crippen LogP contribution >= 0.6 is 0 Å². The Bertz CT molecular complexity index is 953. The van der Waals surface area contributed by atoms with E-state index in [1.54, 1.807) is 12.1 Å². The Morgan fingerprint density at radius 2 is 1.64 bits per heavy atom. The zero-order chi connectivity index (χ0) is 25.3. The summed E-state index contributed by atoms with van der Waals surface area (Å²) in [5.74, 6) is 1.24. The summed E-state index contributed by atoms with van der Waals surface area (Å²) in [7, 11) is 0. The van der Waals surface area contributed by atoms with Gasteiger partial charge in [0.1, 0.15) is 0 Å². The van der Waals surface area contributed by atoms with Crippen LogP contribution in [0.1, 0.15) is 135 Å². The molecule has 0 N–H and O–H groups in total. The van der Waals surface area contributed by atoms with E-state index in [0.717, 1.165) is 18.4 Å². The fourth-order valence-corrected chi connectivity index (χ4v) is 5.68. The average molecular weight is 493 g/mol. The van der Waals surface area contributed by atoms with E-state index in [2.05, 4.69) is 39.0 Å². The minimum absolute atomic E-state index is 0.251. The molecule has 0 radical (unpaired) electrons. The van der Waals surface area contributed by atoms with Gasteiger partial charge >= 0.3 is 5.97 Å². The highest BCUT2D eigenvalue weighted by Crippen LogP contribution is 2.40. The Morgan fingerprint density at radius 1 is 0.917 bits per heavy atom. The number of carbonyl (C=O) groups excluding carboxylic acids is 1. The van der Waals surface area contributed by atoms with Crippen molar-refractivity contribution in [3.05, 3.63) is 70.3 Å². The van der Waals surface area contributed by atoms with Crippen LogP contribution in [0.5, 0.6) is 0 Å². The summed E-state index contributed by atoms with van der Waals surface area (Å²) in [5, 5.41) is 0. The van der Waals surface area contributed by atoms with Crippen molar-refractivity contribution in [1.82, 2.24) is 0 Å². The van der Waals surface area contributed by atoms with Crippen molar-refractivity contribution < 1.29 is 19.0 Å². The molecule has 1 aliphatic heterocycles. The van der Waals surface area contributed by atoms with Gasteiger partial charge in [-0.15, -0.1) is 0 Å². The van der Waals surface area contributed by atoms with E-state index < -0.39 is 6.29 Å². The van der Waals surface area contributed by atoms with E-state index >= 15 is 0 Å². The summed E-state index contributed by atoms with van der Waals surface area (Å²) in [4.78, 5) is 12.2. The summed E-state index contributed by atoms with van der Waals surface area (Å²) < 4.78 is 17.8. The number of hydrogen-bond donors (Lipinski definition) is 0. The standard InChI is InChI=1S/C32H44O4/c1-4-6-19-34-31(33)25-13-15-26(16-14-25)32-35-21-28(22-36-32)29-18-17-27(23(3)10-5-2)20-30(29)24-11-8-7-9-12-24/h13-18,20,23-24,28,32H,4-12,19,21-22H2,1-3H3/t23?,28-,32-. The molecule has 1 unspecified atom stereocenters. The highest BCUT2D eigenvalue weighted by molar-refractivity contribution is 5.89. The van der Waals surface area contributed by atoms with E-state index in [4.69, 9.17) is 14.2 Å². The Morgan fingerprint density at radius 3 is 2.31 bits per heavy atom. The van der Waals surface area contributed by atoms with Crippen LogP contribution in [0.4, 0.5) is 0 Å². The van der Waals surface area contributed by atoms with E-state index in [9.17, 15) is 4.79 Å². The van der Waals surface area contributed by atoms with Crippen molar-refractivity contribution in [2.24, 2.45) is 0 Å². The van der Waals surface area contributed by atoms with Gasteiger partial charge in [0.2, 0.25) is 0 Å². The van der Waals surface area contributed by atoms with Gasteiger partial charge in [-0.2, -0.15) is 0 Å². The van der Waals surface area contributed by atoms with Gasteiger partial charge in [-0.05, 0) is 66.3 Å². The van der Waals surface area contributed by atoms with Gasteiger partial charge in [0.15, 0.2) is 6.29 Å². The number of benzene rings is 2. The van der Waals surface area contributed by atoms with E-state index in [0.29, 0.717) is 37.2 Å². The van der Waals surface area contributed by atoms with Crippen LogP contribution < -0.4 is 0 Å². The molecule has 1 aliphatic carbocycles. The first-order valence-corrected chi connectivity index (χ1v) is 14.2. The van der Waals surface area contributed by atoms with Crippen LogP contribution in [-0.4, -0.2) is 25.8 Å². The van der Waals surface area contributed by atoms with Gasteiger partial charge < -0.3 is 14.2 Å². The van der Waals surface area contributed by atoms with Gasteiger partial charge in [0, 0.05) is 11.5 Å². The zero-order valence-electron chi connectivity index (χ0n) is 22.5. The van der Waals surface area contributed by atoms with Crippen LogP contribution in [0.25, 0.3) is 0 Å². The smallest absolute Gasteiger partial charge is 0.338 e. The fraction of sp³-hybridized carbons (Fsp3) is 0.594. The molecule has 1 heterocycles. The summed E-state index contributed by atoms with van der Waals surface area (Å²) in [6.07, 6.45) is 10.6. The zero-order valence-corrected chi connectivity index (χ0v) is 22.5. The molecule has 1 atom stereocenters. The second-order valence-corrected chi connectivity index (χ2v) is 10.7. The molecule has 2 aliphatic rings. The molecule has 0 spiro atoms. The lowest BCUT2D eigenvalue weighted by atomic mass is 9.78. The highest BCUT2D eigenvalue weighted by atomic mass is 16.7.